The van der Waals surface area contributed by atoms with E-state index in [1.54, 1.807) is 11.0 Å². The highest BCUT2D eigenvalue weighted by Crippen LogP contribution is 2.27. The molecule has 2 amide bonds. The third kappa shape index (κ3) is 3.45. The fraction of sp³-hybridized carbons (Fsp3) is 0.316. The normalized spacial score (nSPS) is 17.2. The molecule has 0 spiro atoms. The molecule has 0 aliphatic carbocycles. The van der Waals surface area contributed by atoms with Gasteiger partial charge in [-0.25, -0.2) is 4.98 Å². The predicted octanol–water partition coefficient (Wildman–Crippen LogP) is 3.00. The molecule has 1 fully saturated rings. The van der Waals surface area contributed by atoms with Gasteiger partial charge in [0.1, 0.15) is 5.82 Å². The number of aromatic nitrogens is 1. The zero-order valence-corrected chi connectivity index (χ0v) is 14.2. The van der Waals surface area contributed by atoms with Crippen molar-refractivity contribution in [1.82, 2.24) is 4.98 Å². The molecule has 2 heterocycles. The van der Waals surface area contributed by atoms with Crippen molar-refractivity contribution < 1.29 is 9.59 Å². The zero-order valence-electron chi connectivity index (χ0n) is 14.2. The van der Waals surface area contributed by atoms with Crippen LogP contribution in [-0.2, 0) is 9.59 Å². The summed E-state index contributed by atoms with van der Waals surface area (Å²) in [6, 6.07) is 11.5. The monoisotopic (exact) mass is 323 g/mol. The Morgan fingerprint density at radius 3 is 2.54 bits per heavy atom. The summed E-state index contributed by atoms with van der Waals surface area (Å²) in [5.74, 6) is -0.0105. The van der Waals surface area contributed by atoms with E-state index in [1.165, 1.54) is 0 Å². The molecule has 1 aromatic heterocycles. The molecular formula is C19H21N3O2. The van der Waals surface area contributed by atoms with Crippen LogP contribution in [0.25, 0.3) is 0 Å². The van der Waals surface area contributed by atoms with Crippen LogP contribution < -0.4 is 10.2 Å². The Kier molecular flexibility index (Phi) is 4.34. The molecule has 1 aromatic carbocycles. The fourth-order valence-electron chi connectivity index (χ4n) is 3.08. The summed E-state index contributed by atoms with van der Waals surface area (Å²) in [7, 11) is 0. The molecule has 1 aliphatic heterocycles. The van der Waals surface area contributed by atoms with Gasteiger partial charge in [-0.1, -0.05) is 12.1 Å². The minimum absolute atomic E-state index is 0.0163. The highest BCUT2D eigenvalue weighted by Gasteiger charge is 2.35. The van der Waals surface area contributed by atoms with E-state index in [1.807, 2.05) is 45.0 Å². The first-order chi connectivity index (χ1) is 11.4. The van der Waals surface area contributed by atoms with E-state index in [4.69, 9.17) is 0 Å². The van der Waals surface area contributed by atoms with Crippen molar-refractivity contribution in [1.29, 1.82) is 0 Å². The second-order valence-electron chi connectivity index (χ2n) is 6.40. The molecule has 2 aromatic rings. The molecule has 5 nitrogen and oxygen atoms in total. The number of carbonyl (C=O) groups is 2. The number of carbonyl (C=O) groups excluding carboxylic acids is 2. The van der Waals surface area contributed by atoms with Crippen molar-refractivity contribution in [3.8, 4) is 0 Å². The SMILES string of the molecule is Cc1cc(C)cc(N2C[C@H](C(=O)Nc3cccc(C)n3)CC2=O)c1. The molecule has 0 unspecified atom stereocenters. The Morgan fingerprint density at radius 1 is 1.17 bits per heavy atom. The van der Waals surface area contributed by atoms with Crippen LogP contribution in [-0.4, -0.2) is 23.3 Å². The van der Waals surface area contributed by atoms with Crippen molar-refractivity contribution in [2.24, 2.45) is 5.92 Å². The molecule has 0 saturated carbocycles. The first-order valence-corrected chi connectivity index (χ1v) is 8.05. The number of pyridine rings is 1. The average Bonchev–Trinajstić information content (AvgIpc) is 2.88. The molecule has 1 N–H and O–H groups in total. The van der Waals surface area contributed by atoms with E-state index in [0.29, 0.717) is 12.4 Å². The molecule has 1 saturated heterocycles. The van der Waals surface area contributed by atoms with Gasteiger partial charge in [0, 0.05) is 24.3 Å². The van der Waals surface area contributed by atoms with Gasteiger partial charge in [0.15, 0.2) is 0 Å². The summed E-state index contributed by atoms with van der Waals surface area (Å²) < 4.78 is 0. The third-order valence-corrected chi connectivity index (χ3v) is 4.15. The maximum atomic E-state index is 12.5. The quantitative estimate of drug-likeness (QED) is 0.944. The molecular weight excluding hydrogens is 302 g/mol. The van der Waals surface area contributed by atoms with Gasteiger partial charge in [0.05, 0.1) is 5.92 Å². The first kappa shape index (κ1) is 16.2. The summed E-state index contributed by atoms with van der Waals surface area (Å²) in [5.41, 5.74) is 3.91. The smallest absolute Gasteiger partial charge is 0.230 e. The van der Waals surface area contributed by atoms with Crippen molar-refractivity contribution in [2.45, 2.75) is 27.2 Å². The third-order valence-electron chi connectivity index (χ3n) is 4.15. The van der Waals surface area contributed by atoms with Crippen LogP contribution in [0.2, 0.25) is 0 Å². The molecule has 1 aliphatic rings. The highest BCUT2D eigenvalue weighted by atomic mass is 16.2. The number of hydrogen-bond acceptors (Lipinski definition) is 3. The lowest BCUT2D eigenvalue weighted by Gasteiger charge is -2.18. The Labute approximate surface area is 141 Å². The Hall–Kier alpha value is -2.69. The summed E-state index contributed by atoms with van der Waals surface area (Å²) in [6.45, 7) is 6.28. The molecule has 3 rings (SSSR count). The molecule has 0 bridgehead atoms. The standard InChI is InChI=1S/C19H21N3O2/c1-12-7-13(2)9-16(8-12)22-11-15(10-18(22)23)19(24)21-17-6-4-5-14(3)20-17/h4-9,15H,10-11H2,1-3H3,(H,20,21,24)/t15-/m1/s1. The van der Waals surface area contributed by atoms with Gasteiger partial charge in [-0.3, -0.25) is 9.59 Å². The van der Waals surface area contributed by atoms with Crippen LogP contribution in [0.4, 0.5) is 11.5 Å². The van der Waals surface area contributed by atoms with Gasteiger partial charge < -0.3 is 10.2 Å². The maximum Gasteiger partial charge on any atom is 0.230 e. The predicted molar refractivity (Wildman–Crippen MR) is 94.0 cm³/mol. The van der Waals surface area contributed by atoms with Crippen LogP contribution in [0.3, 0.4) is 0 Å². The van der Waals surface area contributed by atoms with Gasteiger partial charge in [-0.2, -0.15) is 0 Å². The van der Waals surface area contributed by atoms with Gasteiger partial charge >= 0.3 is 0 Å². The summed E-state index contributed by atoms with van der Waals surface area (Å²) in [6.07, 6.45) is 0.227. The molecule has 24 heavy (non-hydrogen) atoms. The number of amides is 2. The number of hydrogen-bond donors (Lipinski definition) is 1. The zero-order chi connectivity index (χ0) is 17.3. The minimum atomic E-state index is -0.361. The highest BCUT2D eigenvalue weighted by molar-refractivity contribution is 6.03. The van der Waals surface area contributed by atoms with Gasteiger partial charge in [-0.15, -0.1) is 0 Å². The van der Waals surface area contributed by atoms with Crippen LogP contribution >= 0.6 is 0 Å². The van der Waals surface area contributed by atoms with Crippen molar-refractivity contribution >= 4 is 23.3 Å². The van der Waals surface area contributed by atoms with E-state index in [0.717, 1.165) is 22.5 Å². The largest absolute Gasteiger partial charge is 0.312 e. The van der Waals surface area contributed by atoms with Crippen LogP contribution in [0, 0.1) is 26.7 Å². The molecule has 1 atom stereocenters. The maximum absolute atomic E-state index is 12.5. The molecule has 0 radical (unpaired) electrons. The van der Waals surface area contributed by atoms with Gasteiger partial charge in [0.2, 0.25) is 11.8 Å². The topological polar surface area (TPSA) is 62.3 Å². The van der Waals surface area contributed by atoms with Crippen molar-refractivity contribution in [2.75, 3.05) is 16.8 Å². The van der Waals surface area contributed by atoms with Gasteiger partial charge in [-0.05, 0) is 56.2 Å². The van der Waals surface area contributed by atoms with E-state index in [-0.39, 0.29) is 24.2 Å². The second kappa shape index (κ2) is 6.43. The second-order valence-corrected chi connectivity index (χ2v) is 6.40. The summed E-state index contributed by atoms with van der Waals surface area (Å²) >= 11 is 0. The van der Waals surface area contributed by atoms with Crippen LogP contribution in [0.15, 0.2) is 36.4 Å². The molecule has 124 valence electrons. The Balaban J connectivity index is 1.73. The van der Waals surface area contributed by atoms with Gasteiger partial charge in [0.25, 0.3) is 0 Å². The lowest BCUT2D eigenvalue weighted by Crippen LogP contribution is -2.28. The van der Waals surface area contributed by atoms with Crippen LogP contribution in [0.5, 0.6) is 0 Å². The summed E-state index contributed by atoms with van der Waals surface area (Å²) in [4.78, 5) is 30.8. The number of benzene rings is 1. The van der Waals surface area contributed by atoms with Crippen LogP contribution in [0.1, 0.15) is 23.2 Å². The number of anilines is 2. The number of nitrogens with one attached hydrogen (secondary N) is 1. The number of rotatable bonds is 3. The van der Waals surface area contributed by atoms with E-state index < -0.39 is 0 Å². The van der Waals surface area contributed by atoms with Crippen molar-refractivity contribution in [3.05, 3.63) is 53.2 Å². The van der Waals surface area contributed by atoms with Crippen molar-refractivity contribution in [3.63, 3.8) is 0 Å². The molecule has 5 heteroatoms. The minimum Gasteiger partial charge on any atom is -0.312 e. The average molecular weight is 323 g/mol. The number of nitrogens with zero attached hydrogens (tertiary/aromatic N) is 2. The number of aryl methyl sites for hydroxylation is 3. The Morgan fingerprint density at radius 2 is 1.88 bits per heavy atom. The summed E-state index contributed by atoms with van der Waals surface area (Å²) in [5, 5.41) is 2.81. The van der Waals surface area contributed by atoms with E-state index in [9.17, 15) is 9.59 Å². The lowest BCUT2D eigenvalue weighted by atomic mass is 10.1. The first-order valence-electron chi connectivity index (χ1n) is 8.05. The van der Waals surface area contributed by atoms with E-state index in [2.05, 4.69) is 16.4 Å². The Bertz CT molecular complexity index is 781. The fourth-order valence-corrected chi connectivity index (χ4v) is 3.08. The van der Waals surface area contributed by atoms with E-state index >= 15 is 0 Å². The lowest BCUT2D eigenvalue weighted by molar-refractivity contribution is -0.122.